The van der Waals surface area contributed by atoms with Crippen LogP contribution in [0.5, 0.6) is 17.2 Å². The minimum Gasteiger partial charge on any atom is -0.494 e. The van der Waals surface area contributed by atoms with Crippen molar-refractivity contribution >= 4 is 27.3 Å². The van der Waals surface area contributed by atoms with E-state index < -0.39 is 10.0 Å². The minimum atomic E-state index is -3.71. The van der Waals surface area contributed by atoms with Gasteiger partial charge in [0.25, 0.3) is 10.0 Å². The smallest absolute Gasteiger partial charge is 0.261 e. The predicted octanol–water partition coefficient (Wildman–Crippen LogP) is 5.33. The molecular weight excluding hydrogens is 386 g/mol. The molecule has 3 aromatic rings. The standard InChI is InChI=1S/C20H18ClNO4S/c1-2-25-16-9-7-15(8-10-16)22-27(23,24)18-13-11-17(12-14-18)26-20-6-4-3-5-19(20)21/h3-14,22H,2H2,1H3. The van der Waals surface area contributed by atoms with Crippen molar-refractivity contribution in [2.75, 3.05) is 11.3 Å². The first-order chi connectivity index (χ1) is 13.0. The number of para-hydroxylation sites is 1. The summed E-state index contributed by atoms with van der Waals surface area (Å²) in [6, 6.07) is 19.9. The topological polar surface area (TPSA) is 64.6 Å². The van der Waals surface area contributed by atoms with Gasteiger partial charge in [-0.2, -0.15) is 0 Å². The van der Waals surface area contributed by atoms with Gasteiger partial charge in [-0.1, -0.05) is 23.7 Å². The molecule has 0 aromatic heterocycles. The monoisotopic (exact) mass is 403 g/mol. The molecule has 1 N–H and O–H groups in total. The Hall–Kier alpha value is -2.70. The largest absolute Gasteiger partial charge is 0.494 e. The first-order valence-corrected chi connectivity index (χ1v) is 10.1. The number of hydrogen-bond acceptors (Lipinski definition) is 4. The number of halogens is 1. The molecule has 0 aliphatic carbocycles. The summed E-state index contributed by atoms with van der Waals surface area (Å²) in [5.41, 5.74) is 0.454. The molecule has 0 unspecified atom stereocenters. The summed E-state index contributed by atoms with van der Waals surface area (Å²) in [6.45, 7) is 2.43. The predicted molar refractivity (Wildman–Crippen MR) is 106 cm³/mol. The van der Waals surface area contributed by atoms with Gasteiger partial charge in [-0.25, -0.2) is 8.42 Å². The number of sulfonamides is 1. The first-order valence-electron chi connectivity index (χ1n) is 8.26. The number of benzene rings is 3. The molecular formula is C20H18ClNO4S. The minimum absolute atomic E-state index is 0.128. The van der Waals surface area contributed by atoms with Crippen LogP contribution in [0.2, 0.25) is 5.02 Å². The van der Waals surface area contributed by atoms with Gasteiger partial charge in [-0.3, -0.25) is 4.72 Å². The maximum Gasteiger partial charge on any atom is 0.261 e. The van der Waals surface area contributed by atoms with Crippen molar-refractivity contribution in [2.24, 2.45) is 0 Å². The highest BCUT2D eigenvalue weighted by molar-refractivity contribution is 7.92. The van der Waals surface area contributed by atoms with Crippen LogP contribution < -0.4 is 14.2 Å². The molecule has 0 atom stereocenters. The van der Waals surface area contributed by atoms with E-state index in [4.69, 9.17) is 21.1 Å². The van der Waals surface area contributed by atoms with E-state index in [1.807, 2.05) is 6.92 Å². The molecule has 0 aliphatic rings. The highest BCUT2D eigenvalue weighted by Gasteiger charge is 2.14. The van der Waals surface area contributed by atoms with Crippen molar-refractivity contribution in [2.45, 2.75) is 11.8 Å². The second-order valence-electron chi connectivity index (χ2n) is 5.57. The molecule has 140 valence electrons. The van der Waals surface area contributed by atoms with E-state index in [0.29, 0.717) is 34.6 Å². The van der Waals surface area contributed by atoms with Gasteiger partial charge in [0.1, 0.15) is 17.2 Å². The molecule has 3 aromatic carbocycles. The molecule has 27 heavy (non-hydrogen) atoms. The van der Waals surface area contributed by atoms with Crippen molar-refractivity contribution < 1.29 is 17.9 Å². The van der Waals surface area contributed by atoms with Crippen LogP contribution in [0.25, 0.3) is 0 Å². The van der Waals surface area contributed by atoms with Gasteiger partial charge >= 0.3 is 0 Å². The molecule has 5 nitrogen and oxygen atoms in total. The summed E-state index contributed by atoms with van der Waals surface area (Å²) >= 11 is 6.06. The molecule has 0 amide bonds. The molecule has 0 saturated carbocycles. The fourth-order valence-electron chi connectivity index (χ4n) is 2.34. The van der Waals surface area contributed by atoms with Gasteiger partial charge in [0.05, 0.1) is 16.5 Å². The molecule has 0 bridgehead atoms. The van der Waals surface area contributed by atoms with Crippen LogP contribution in [0.15, 0.2) is 77.7 Å². The van der Waals surface area contributed by atoms with Gasteiger partial charge in [-0.05, 0) is 67.6 Å². The van der Waals surface area contributed by atoms with E-state index in [2.05, 4.69) is 4.72 Å². The molecule has 3 rings (SSSR count). The lowest BCUT2D eigenvalue weighted by molar-refractivity contribution is 0.340. The average Bonchev–Trinajstić information content (AvgIpc) is 2.66. The zero-order valence-electron chi connectivity index (χ0n) is 14.6. The Morgan fingerprint density at radius 2 is 1.52 bits per heavy atom. The van der Waals surface area contributed by atoms with Crippen LogP contribution in [0.1, 0.15) is 6.92 Å². The number of rotatable bonds is 7. The highest BCUT2D eigenvalue weighted by atomic mass is 35.5. The van der Waals surface area contributed by atoms with Crippen molar-refractivity contribution in [3.05, 3.63) is 77.8 Å². The van der Waals surface area contributed by atoms with Crippen molar-refractivity contribution in [3.8, 4) is 17.2 Å². The summed E-state index contributed by atoms with van der Waals surface area (Å²) < 4.78 is 38.6. The Morgan fingerprint density at radius 3 is 2.15 bits per heavy atom. The van der Waals surface area contributed by atoms with Crippen LogP contribution in [-0.2, 0) is 10.0 Å². The molecule has 0 radical (unpaired) electrons. The third-order valence-corrected chi connectivity index (χ3v) is 5.33. The van der Waals surface area contributed by atoms with Gasteiger partial charge in [0.2, 0.25) is 0 Å². The Labute approximate surface area is 163 Å². The first kappa shape index (κ1) is 19.1. The Balaban J connectivity index is 1.72. The average molecular weight is 404 g/mol. The summed E-state index contributed by atoms with van der Waals surface area (Å²) in [6.07, 6.45) is 0. The third kappa shape index (κ3) is 4.93. The van der Waals surface area contributed by atoms with E-state index in [1.165, 1.54) is 12.1 Å². The molecule has 7 heteroatoms. The Kier molecular flexibility index (Phi) is 5.88. The molecule has 0 spiro atoms. The maximum absolute atomic E-state index is 12.5. The van der Waals surface area contributed by atoms with Gasteiger partial charge < -0.3 is 9.47 Å². The lowest BCUT2D eigenvalue weighted by Gasteiger charge is -2.11. The molecule has 0 aliphatic heterocycles. The molecule has 0 saturated heterocycles. The van der Waals surface area contributed by atoms with Crippen molar-refractivity contribution in [1.82, 2.24) is 0 Å². The SMILES string of the molecule is CCOc1ccc(NS(=O)(=O)c2ccc(Oc3ccccc3Cl)cc2)cc1. The normalized spacial score (nSPS) is 11.0. The molecule has 0 heterocycles. The van der Waals surface area contributed by atoms with E-state index >= 15 is 0 Å². The maximum atomic E-state index is 12.5. The van der Waals surface area contributed by atoms with E-state index in [9.17, 15) is 8.42 Å². The lowest BCUT2D eigenvalue weighted by Crippen LogP contribution is -2.12. The van der Waals surface area contributed by atoms with Crippen LogP contribution in [0.4, 0.5) is 5.69 Å². The van der Waals surface area contributed by atoms with E-state index in [0.717, 1.165) is 0 Å². The fraction of sp³-hybridized carbons (Fsp3) is 0.100. The van der Waals surface area contributed by atoms with Gasteiger partial charge in [-0.15, -0.1) is 0 Å². The quantitative estimate of drug-likeness (QED) is 0.578. The van der Waals surface area contributed by atoms with Crippen LogP contribution in [0.3, 0.4) is 0 Å². The Morgan fingerprint density at radius 1 is 0.889 bits per heavy atom. The van der Waals surface area contributed by atoms with Gasteiger partial charge in [0, 0.05) is 5.69 Å². The van der Waals surface area contributed by atoms with Crippen LogP contribution in [0, 0.1) is 0 Å². The molecule has 0 fully saturated rings. The lowest BCUT2D eigenvalue weighted by atomic mass is 10.3. The number of hydrogen-bond donors (Lipinski definition) is 1. The summed E-state index contributed by atoms with van der Waals surface area (Å²) in [5.74, 6) is 1.67. The van der Waals surface area contributed by atoms with Gasteiger partial charge in [0.15, 0.2) is 0 Å². The number of nitrogens with one attached hydrogen (secondary N) is 1. The second kappa shape index (κ2) is 8.33. The fourth-order valence-corrected chi connectivity index (χ4v) is 3.57. The van der Waals surface area contributed by atoms with E-state index in [-0.39, 0.29) is 4.90 Å². The number of ether oxygens (including phenoxy) is 2. The zero-order valence-corrected chi connectivity index (χ0v) is 16.1. The summed E-state index contributed by atoms with van der Waals surface area (Å²) in [7, 11) is -3.71. The zero-order chi connectivity index (χ0) is 19.3. The van der Waals surface area contributed by atoms with Crippen molar-refractivity contribution in [1.29, 1.82) is 0 Å². The summed E-state index contributed by atoms with van der Waals surface area (Å²) in [4.78, 5) is 0.128. The third-order valence-electron chi connectivity index (χ3n) is 3.62. The highest BCUT2D eigenvalue weighted by Crippen LogP contribution is 2.29. The Bertz CT molecular complexity index is 1000. The second-order valence-corrected chi connectivity index (χ2v) is 7.66. The van der Waals surface area contributed by atoms with E-state index in [1.54, 1.807) is 60.7 Å². The van der Waals surface area contributed by atoms with Crippen LogP contribution in [-0.4, -0.2) is 15.0 Å². The van der Waals surface area contributed by atoms with Crippen LogP contribution >= 0.6 is 11.6 Å². The number of anilines is 1. The van der Waals surface area contributed by atoms with Crippen molar-refractivity contribution in [3.63, 3.8) is 0 Å². The summed E-state index contributed by atoms with van der Waals surface area (Å²) in [5, 5.41) is 0.478.